The number of pyridine rings is 1. The van der Waals surface area contributed by atoms with E-state index in [1.165, 1.54) is 0 Å². The van der Waals surface area contributed by atoms with E-state index in [1.54, 1.807) is 18.0 Å². The first-order valence-electron chi connectivity index (χ1n) is 4.64. The molecule has 1 aliphatic heterocycles. The van der Waals surface area contributed by atoms with E-state index in [2.05, 4.69) is 14.9 Å². The number of nitriles is 1. The van der Waals surface area contributed by atoms with Crippen molar-refractivity contribution < 1.29 is 0 Å². The maximum atomic E-state index is 8.52. The van der Waals surface area contributed by atoms with Crippen molar-refractivity contribution in [2.75, 3.05) is 12.3 Å². The van der Waals surface area contributed by atoms with Gasteiger partial charge in [0.15, 0.2) is 5.17 Å². The van der Waals surface area contributed by atoms with E-state index in [-0.39, 0.29) is 0 Å². The van der Waals surface area contributed by atoms with Gasteiger partial charge in [-0.15, -0.1) is 4.99 Å². The second-order valence-electron chi connectivity index (χ2n) is 3.09. The Hall–Kier alpha value is -1.54. The van der Waals surface area contributed by atoms with E-state index < -0.39 is 0 Å². The van der Waals surface area contributed by atoms with Gasteiger partial charge in [-0.3, -0.25) is 4.98 Å². The second kappa shape index (κ2) is 4.80. The topological polar surface area (TPSA) is 52.3 Å². The molecule has 0 amide bonds. The van der Waals surface area contributed by atoms with Crippen LogP contribution in [0.1, 0.15) is 5.69 Å². The molecule has 76 valence electrons. The lowest BCUT2D eigenvalue weighted by Crippen LogP contribution is -2.24. The summed E-state index contributed by atoms with van der Waals surface area (Å²) in [6.45, 7) is 1.66. The summed E-state index contributed by atoms with van der Waals surface area (Å²) < 4.78 is 0. The van der Waals surface area contributed by atoms with E-state index in [0.29, 0.717) is 0 Å². The second-order valence-corrected chi connectivity index (χ2v) is 4.15. The minimum absolute atomic E-state index is 0.731. The molecule has 2 rings (SSSR count). The van der Waals surface area contributed by atoms with E-state index in [4.69, 9.17) is 5.26 Å². The molecule has 0 unspecified atom stereocenters. The molecule has 1 saturated heterocycles. The first-order chi connectivity index (χ1) is 7.40. The van der Waals surface area contributed by atoms with Gasteiger partial charge in [0, 0.05) is 18.5 Å². The highest BCUT2D eigenvalue weighted by molar-refractivity contribution is 8.14. The van der Waals surface area contributed by atoms with Crippen LogP contribution in [0.5, 0.6) is 0 Å². The molecule has 0 atom stereocenters. The maximum Gasteiger partial charge on any atom is 0.208 e. The summed E-state index contributed by atoms with van der Waals surface area (Å²) in [6.07, 6.45) is 3.61. The van der Waals surface area contributed by atoms with Crippen molar-refractivity contribution in [1.82, 2.24) is 9.88 Å². The lowest BCUT2D eigenvalue weighted by atomic mass is 10.3. The van der Waals surface area contributed by atoms with Crippen molar-refractivity contribution in [2.45, 2.75) is 6.54 Å². The third kappa shape index (κ3) is 2.48. The van der Waals surface area contributed by atoms with Gasteiger partial charge in [0.25, 0.3) is 0 Å². The fourth-order valence-corrected chi connectivity index (χ4v) is 2.35. The van der Waals surface area contributed by atoms with Crippen LogP contribution in [0.3, 0.4) is 0 Å². The molecule has 0 N–H and O–H groups in total. The summed E-state index contributed by atoms with van der Waals surface area (Å²) in [7, 11) is 0. The predicted molar refractivity (Wildman–Crippen MR) is 60.2 cm³/mol. The van der Waals surface area contributed by atoms with Crippen LogP contribution >= 0.6 is 11.8 Å². The van der Waals surface area contributed by atoms with Crippen molar-refractivity contribution in [3.63, 3.8) is 0 Å². The summed E-state index contributed by atoms with van der Waals surface area (Å²) >= 11 is 1.62. The van der Waals surface area contributed by atoms with Crippen molar-refractivity contribution in [2.24, 2.45) is 4.99 Å². The molecule has 2 heterocycles. The van der Waals surface area contributed by atoms with Gasteiger partial charge in [-0.1, -0.05) is 17.8 Å². The van der Waals surface area contributed by atoms with Gasteiger partial charge >= 0.3 is 0 Å². The number of rotatable bonds is 2. The molecular weight excluding hydrogens is 208 g/mol. The van der Waals surface area contributed by atoms with Gasteiger partial charge < -0.3 is 4.90 Å². The fraction of sp³-hybridized carbons (Fsp3) is 0.300. The smallest absolute Gasteiger partial charge is 0.208 e. The predicted octanol–water partition coefficient (Wildman–Crippen LogP) is 1.47. The molecular formula is C10H10N4S. The number of aromatic nitrogens is 1. The van der Waals surface area contributed by atoms with Gasteiger partial charge in [0.05, 0.1) is 12.2 Å². The monoisotopic (exact) mass is 218 g/mol. The first-order valence-corrected chi connectivity index (χ1v) is 5.63. The Morgan fingerprint density at radius 1 is 1.60 bits per heavy atom. The Kier molecular flexibility index (Phi) is 3.20. The van der Waals surface area contributed by atoms with E-state index >= 15 is 0 Å². The van der Waals surface area contributed by atoms with E-state index in [1.807, 2.05) is 24.4 Å². The molecule has 4 nitrogen and oxygen atoms in total. The Bertz CT molecular complexity index is 396. The van der Waals surface area contributed by atoms with Crippen LogP contribution in [0.25, 0.3) is 0 Å². The molecule has 0 aromatic carbocycles. The van der Waals surface area contributed by atoms with Gasteiger partial charge in [0.1, 0.15) is 0 Å². The molecule has 15 heavy (non-hydrogen) atoms. The number of hydrogen-bond acceptors (Lipinski definition) is 4. The molecule has 0 aliphatic carbocycles. The van der Waals surface area contributed by atoms with E-state index in [0.717, 1.165) is 29.7 Å². The summed E-state index contributed by atoms with van der Waals surface area (Å²) in [5.74, 6) is 0.993. The summed E-state index contributed by atoms with van der Waals surface area (Å²) in [5, 5.41) is 9.33. The van der Waals surface area contributed by atoms with Crippen LogP contribution in [-0.2, 0) is 6.54 Å². The SMILES string of the molecule is N#CN=C1SCCN1Cc1ccccn1. The minimum atomic E-state index is 0.731. The molecule has 1 aromatic heterocycles. The zero-order valence-corrected chi connectivity index (χ0v) is 8.94. The Labute approximate surface area is 92.6 Å². The minimum Gasteiger partial charge on any atom is -0.344 e. The van der Waals surface area contributed by atoms with Crippen molar-refractivity contribution in [1.29, 1.82) is 5.26 Å². The molecule has 1 fully saturated rings. The van der Waals surface area contributed by atoms with Gasteiger partial charge in [0.2, 0.25) is 6.19 Å². The maximum absolute atomic E-state index is 8.52. The Morgan fingerprint density at radius 3 is 3.27 bits per heavy atom. The number of amidine groups is 1. The fourth-order valence-electron chi connectivity index (χ4n) is 1.41. The molecule has 0 saturated carbocycles. The third-order valence-electron chi connectivity index (χ3n) is 2.09. The number of thioether (sulfide) groups is 1. The Balaban J connectivity index is 2.07. The Morgan fingerprint density at radius 2 is 2.53 bits per heavy atom. The van der Waals surface area contributed by atoms with Gasteiger partial charge in [-0.2, -0.15) is 5.26 Å². The van der Waals surface area contributed by atoms with Crippen molar-refractivity contribution >= 4 is 16.9 Å². The highest BCUT2D eigenvalue weighted by Gasteiger charge is 2.19. The summed E-state index contributed by atoms with van der Waals surface area (Å²) in [4.78, 5) is 10.1. The standard InChI is InChI=1S/C10H10N4S/c11-8-13-10-14(5-6-15-10)7-9-3-1-2-4-12-9/h1-4H,5-7H2. The lowest BCUT2D eigenvalue weighted by Gasteiger charge is -2.15. The van der Waals surface area contributed by atoms with Crippen LogP contribution in [0.15, 0.2) is 29.4 Å². The zero-order chi connectivity index (χ0) is 10.5. The number of aliphatic imine (C=N–C) groups is 1. The largest absolute Gasteiger partial charge is 0.344 e. The average Bonchev–Trinajstić information content (AvgIpc) is 2.68. The highest BCUT2D eigenvalue weighted by Crippen LogP contribution is 2.19. The third-order valence-corrected chi connectivity index (χ3v) is 3.08. The number of nitrogens with zero attached hydrogens (tertiary/aromatic N) is 4. The molecule has 1 aliphatic rings. The van der Waals surface area contributed by atoms with E-state index in [9.17, 15) is 0 Å². The van der Waals surface area contributed by atoms with Crippen molar-refractivity contribution in [3.05, 3.63) is 30.1 Å². The van der Waals surface area contributed by atoms with Crippen LogP contribution in [0.4, 0.5) is 0 Å². The van der Waals surface area contributed by atoms with Crippen LogP contribution in [0.2, 0.25) is 0 Å². The first kappa shape index (κ1) is 9.99. The highest BCUT2D eigenvalue weighted by atomic mass is 32.2. The van der Waals surface area contributed by atoms with Crippen LogP contribution < -0.4 is 0 Å². The zero-order valence-electron chi connectivity index (χ0n) is 8.13. The molecule has 1 aromatic rings. The summed E-state index contributed by atoms with van der Waals surface area (Å²) in [5.41, 5.74) is 1.01. The van der Waals surface area contributed by atoms with Gasteiger partial charge in [-0.25, -0.2) is 0 Å². The van der Waals surface area contributed by atoms with Crippen LogP contribution in [0, 0.1) is 11.5 Å². The van der Waals surface area contributed by atoms with Crippen LogP contribution in [-0.4, -0.2) is 27.3 Å². The molecule has 0 bridgehead atoms. The van der Waals surface area contributed by atoms with Gasteiger partial charge in [-0.05, 0) is 12.1 Å². The molecule has 0 radical (unpaired) electrons. The summed E-state index contributed by atoms with van der Waals surface area (Å²) in [6, 6.07) is 5.84. The van der Waals surface area contributed by atoms with Crippen molar-refractivity contribution in [3.8, 4) is 6.19 Å². The quantitative estimate of drug-likeness (QED) is 0.705. The average molecular weight is 218 g/mol. The molecule has 5 heteroatoms. The lowest BCUT2D eigenvalue weighted by molar-refractivity contribution is 0.450. The normalized spacial score (nSPS) is 18.1. The number of hydrogen-bond donors (Lipinski definition) is 0. The molecule has 0 spiro atoms.